The van der Waals surface area contributed by atoms with Gasteiger partial charge in [-0.25, -0.2) is 8.42 Å². The second-order valence-corrected chi connectivity index (χ2v) is 7.02. The summed E-state index contributed by atoms with van der Waals surface area (Å²) in [4.78, 5) is 0.395. The van der Waals surface area contributed by atoms with Crippen LogP contribution in [0.3, 0.4) is 0 Å². The van der Waals surface area contributed by atoms with Gasteiger partial charge in [-0.15, -0.1) is 0 Å². The Hall–Kier alpha value is -1.07. The topological polar surface area (TPSA) is 49.4 Å². The van der Waals surface area contributed by atoms with Gasteiger partial charge in [0.1, 0.15) is 4.90 Å². The van der Waals surface area contributed by atoms with Crippen LogP contribution in [0.15, 0.2) is 29.2 Å². The van der Waals surface area contributed by atoms with Gasteiger partial charge < -0.3 is 5.32 Å². The standard InChI is InChI=1S/C14H22N2O2S/c1-3-15-13-6-4-5-7-14(13)19(17,18)16-10-8-12(2)9-11-16/h4-7,12,15H,3,8-11H2,1-2H3. The highest BCUT2D eigenvalue weighted by molar-refractivity contribution is 7.89. The fourth-order valence-electron chi connectivity index (χ4n) is 2.39. The number of rotatable bonds is 4. The van der Waals surface area contributed by atoms with Crippen molar-refractivity contribution < 1.29 is 8.42 Å². The fourth-order valence-corrected chi connectivity index (χ4v) is 4.03. The van der Waals surface area contributed by atoms with Crippen molar-refractivity contribution in [2.75, 3.05) is 25.0 Å². The predicted octanol–water partition coefficient (Wildman–Crippen LogP) is 2.54. The first-order chi connectivity index (χ1) is 9.05. The summed E-state index contributed by atoms with van der Waals surface area (Å²) in [5.41, 5.74) is 0.698. The molecule has 0 aliphatic carbocycles. The van der Waals surface area contributed by atoms with E-state index in [2.05, 4.69) is 12.2 Å². The number of para-hydroxylation sites is 1. The number of benzene rings is 1. The van der Waals surface area contributed by atoms with Crippen molar-refractivity contribution >= 4 is 15.7 Å². The normalized spacial score (nSPS) is 18.4. The monoisotopic (exact) mass is 282 g/mol. The molecule has 1 fully saturated rings. The van der Waals surface area contributed by atoms with Crippen LogP contribution in [0.1, 0.15) is 26.7 Å². The van der Waals surface area contributed by atoms with Crippen LogP contribution in [0, 0.1) is 5.92 Å². The van der Waals surface area contributed by atoms with Crippen molar-refractivity contribution in [1.29, 1.82) is 0 Å². The van der Waals surface area contributed by atoms with Crippen LogP contribution in [0.4, 0.5) is 5.69 Å². The number of hydrogen-bond donors (Lipinski definition) is 1. The maximum Gasteiger partial charge on any atom is 0.245 e. The summed E-state index contributed by atoms with van der Waals surface area (Å²) in [6.45, 7) is 6.11. The highest BCUT2D eigenvalue weighted by Crippen LogP contribution is 2.27. The number of sulfonamides is 1. The fraction of sp³-hybridized carbons (Fsp3) is 0.571. The van der Waals surface area contributed by atoms with E-state index in [1.807, 2.05) is 19.1 Å². The van der Waals surface area contributed by atoms with Crippen molar-refractivity contribution in [2.45, 2.75) is 31.6 Å². The van der Waals surface area contributed by atoms with Crippen molar-refractivity contribution in [1.82, 2.24) is 4.31 Å². The van der Waals surface area contributed by atoms with Gasteiger partial charge in [-0.1, -0.05) is 19.1 Å². The van der Waals surface area contributed by atoms with Gasteiger partial charge in [0.15, 0.2) is 0 Å². The lowest BCUT2D eigenvalue weighted by Crippen LogP contribution is -2.38. The van der Waals surface area contributed by atoms with Gasteiger partial charge in [0.05, 0.1) is 5.69 Å². The molecule has 0 unspecified atom stereocenters. The van der Waals surface area contributed by atoms with Gasteiger partial charge >= 0.3 is 0 Å². The van der Waals surface area contributed by atoms with Crippen LogP contribution >= 0.6 is 0 Å². The molecule has 0 bridgehead atoms. The van der Waals surface area contributed by atoms with Crippen molar-refractivity contribution in [2.24, 2.45) is 5.92 Å². The first kappa shape index (κ1) is 14.3. The molecule has 19 heavy (non-hydrogen) atoms. The van der Waals surface area contributed by atoms with Crippen LogP contribution < -0.4 is 5.32 Å². The Morgan fingerprint density at radius 2 is 1.89 bits per heavy atom. The van der Waals surface area contributed by atoms with Crippen molar-refractivity contribution in [3.8, 4) is 0 Å². The van der Waals surface area contributed by atoms with Crippen LogP contribution in [-0.2, 0) is 10.0 Å². The molecule has 0 radical (unpaired) electrons. The molecule has 1 N–H and O–H groups in total. The summed E-state index contributed by atoms with van der Waals surface area (Å²) in [5, 5.41) is 3.12. The van der Waals surface area contributed by atoms with E-state index >= 15 is 0 Å². The van der Waals surface area contributed by atoms with Crippen LogP contribution in [0.25, 0.3) is 0 Å². The molecule has 4 nitrogen and oxygen atoms in total. The minimum absolute atomic E-state index is 0.395. The summed E-state index contributed by atoms with van der Waals surface area (Å²) >= 11 is 0. The van der Waals surface area contributed by atoms with Crippen LogP contribution in [0.2, 0.25) is 0 Å². The third kappa shape index (κ3) is 3.09. The lowest BCUT2D eigenvalue weighted by atomic mass is 10.0. The molecule has 0 amide bonds. The smallest absolute Gasteiger partial charge is 0.245 e. The molecule has 1 saturated heterocycles. The molecule has 1 aliphatic heterocycles. The zero-order chi connectivity index (χ0) is 13.9. The predicted molar refractivity (Wildman–Crippen MR) is 77.8 cm³/mol. The van der Waals surface area contributed by atoms with Gasteiger partial charge in [0.25, 0.3) is 0 Å². The summed E-state index contributed by atoms with van der Waals surface area (Å²) in [6, 6.07) is 7.14. The Morgan fingerprint density at radius 3 is 2.53 bits per heavy atom. The summed E-state index contributed by atoms with van der Waals surface area (Å²) in [7, 11) is -3.37. The Labute approximate surface area is 115 Å². The number of nitrogens with one attached hydrogen (secondary N) is 1. The molecule has 1 heterocycles. The highest BCUT2D eigenvalue weighted by atomic mass is 32.2. The van der Waals surface area contributed by atoms with Gasteiger partial charge in [0.2, 0.25) is 10.0 Å². The second kappa shape index (κ2) is 5.92. The maximum absolute atomic E-state index is 12.7. The summed E-state index contributed by atoms with van der Waals surface area (Å²) in [6.07, 6.45) is 1.89. The number of anilines is 1. The molecule has 0 atom stereocenters. The molecule has 1 aromatic rings. The zero-order valence-corrected chi connectivity index (χ0v) is 12.4. The van der Waals surface area contributed by atoms with E-state index in [4.69, 9.17) is 0 Å². The Bertz CT molecular complexity index is 520. The van der Waals surface area contributed by atoms with E-state index in [1.165, 1.54) is 0 Å². The van der Waals surface area contributed by atoms with E-state index < -0.39 is 10.0 Å². The van der Waals surface area contributed by atoms with E-state index in [-0.39, 0.29) is 0 Å². The number of piperidine rings is 1. The highest BCUT2D eigenvalue weighted by Gasteiger charge is 2.29. The summed E-state index contributed by atoms with van der Waals surface area (Å²) in [5.74, 6) is 0.621. The molecule has 0 aromatic heterocycles. The molecular formula is C14H22N2O2S. The average molecular weight is 282 g/mol. The van der Waals surface area contributed by atoms with Gasteiger partial charge in [-0.05, 0) is 37.8 Å². The molecule has 5 heteroatoms. The SMILES string of the molecule is CCNc1ccccc1S(=O)(=O)N1CCC(C)CC1. The van der Waals surface area contributed by atoms with E-state index in [0.29, 0.717) is 36.1 Å². The Balaban J connectivity index is 2.29. The molecule has 0 saturated carbocycles. The van der Waals surface area contributed by atoms with E-state index in [0.717, 1.165) is 12.8 Å². The zero-order valence-electron chi connectivity index (χ0n) is 11.6. The van der Waals surface area contributed by atoms with Crippen molar-refractivity contribution in [3.05, 3.63) is 24.3 Å². The van der Waals surface area contributed by atoms with Gasteiger partial charge in [-0.3, -0.25) is 0 Å². The maximum atomic E-state index is 12.7. The summed E-state index contributed by atoms with van der Waals surface area (Å²) < 4.78 is 27.0. The largest absolute Gasteiger partial charge is 0.384 e. The van der Waals surface area contributed by atoms with Crippen LogP contribution in [0.5, 0.6) is 0 Å². The second-order valence-electron chi connectivity index (χ2n) is 5.11. The average Bonchev–Trinajstić information content (AvgIpc) is 2.40. The molecule has 1 aromatic carbocycles. The quantitative estimate of drug-likeness (QED) is 0.923. The Kier molecular flexibility index (Phi) is 4.47. The third-order valence-electron chi connectivity index (χ3n) is 3.61. The van der Waals surface area contributed by atoms with Crippen LogP contribution in [-0.4, -0.2) is 32.4 Å². The Morgan fingerprint density at radius 1 is 1.26 bits per heavy atom. The minimum Gasteiger partial charge on any atom is -0.384 e. The third-order valence-corrected chi connectivity index (χ3v) is 5.57. The van der Waals surface area contributed by atoms with Crippen molar-refractivity contribution in [3.63, 3.8) is 0 Å². The molecule has 1 aliphatic rings. The lowest BCUT2D eigenvalue weighted by Gasteiger charge is -2.30. The molecule has 2 rings (SSSR count). The first-order valence-electron chi connectivity index (χ1n) is 6.88. The number of hydrogen-bond acceptors (Lipinski definition) is 3. The molecule has 0 spiro atoms. The lowest BCUT2D eigenvalue weighted by molar-refractivity contribution is 0.288. The van der Waals surface area contributed by atoms with E-state index in [1.54, 1.807) is 16.4 Å². The van der Waals surface area contributed by atoms with Gasteiger partial charge in [-0.2, -0.15) is 4.31 Å². The van der Waals surface area contributed by atoms with Gasteiger partial charge in [0, 0.05) is 19.6 Å². The molecule has 106 valence electrons. The first-order valence-corrected chi connectivity index (χ1v) is 8.32. The van der Waals surface area contributed by atoms with E-state index in [9.17, 15) is 8.42 Å². The molecular weight excluding hydrogens is 260 g/mol. The minimum atomic E-state index is -3.37. The number of nitrogens with zero attached hydrogens (tertiary/aromatic N) is 1.